The molecule has 0 bridgehead atoms. The molecule has 0 atom stereocenters. The Balaban J connectivity index is 0.00000288. The molecule has 0 fully saturated rings. The van der Waals surface area contributed by atoms with Crippen molar-refractivity contribution in [3.63, 3.8) is 0 Å². The Morgan fingerprint density at radius 2 is 2.12 bits per heavy atom. The van der Waals surface area contributed by atoms with Crippen molar-refractivity contribution in [1.82, 2.24) is 10.3 Å². The summed E-state index contributed by atoms with van der Waals surface area (Å²) in [6.45, 7) is 1.10. The molecule has 2 N–H and O–H groups in total. The fraction of sp³-hybridized carbons (Fsp3) is 0.385. The van der Waals surface area contributed by atoms with E-state index >= 15 is 0 Å². The first-order valence-electron chi connectivity index (χ1n) is 6.53. The van der Waals surface area contributed by atoms with Gasteiger partial charge in [-0.05, 0) is 12.1 Å². The third-order valence-electron chi connectivity index (χ3n) is 2.61. The van der Waals surface area contributed by atoms with Crippen LogP contribution in [0.1, 0.15) is 0 Å². The molecule has 11 heteroatoms. The minimum Gasteiger partial charge on any atom is -0.406 e. The lowest BCUT2D eigenvalue weighted by Gasteiger charge is -2.07. The van der Waals surface area contributed by atoms with Gasteiger partial charge in [-0.2, -0.15) is 0 Å². The van der Waals surface area contributed by atoms with E-state index in [0.717, 1.165) is 11.3 Å². The van der Waals surface area contributed by atoms with Crippen LogP contribution in [0.25, 0.3) is 10.2 Å². The number of halogens is 4. The molecule has 134 valence electrons. The molecule has 2 rings (SSSR count). The number of nitrogens with one attached hydrogen (secondary N) is 2. The quantitative estimate of drug-likeness (QED) is 0.717. The fourth-order valence-electron chi connectivity index (χ4n) is 1.70. The molecule has 1 aromatic heterocycles. The van der Waals surface area contributed by atoms with E-state index in [0.29, 0.717) is 28.5 Å². The van der Waals surface area contributed by atoms with Crippen LogP contribution < -0.4 is 15.4 Å². The number of ether oxygens (including phenoxy) is 2. The summed E-state index contributed by atoms with van der Waals surface area (Å²) in [5.74, 6) is -0.625. The number of carbonyl (C=O) groups excluding carboxylic acids is 1. The zero-order chi connectivity index (χ0) is 16.9. The van der Waals surface area contributed by atoms with Gasteiger partial charge in [0.15, 0.2) is 5.13 Å². The van der Waals surface area contributed by atoms with E-state index in [1.54, 1.807) is 7.11 Å². The standard InChI is InChI=1S/C13H14F3N3O3S.ClH/c1-21-5-4-17-7-11(20)19-12-18-9-3-2-8(6-10(9)23-12)22-13(14,15)16;/h2-3,6,17H,4-5,7H2,1H3,(H,18,19,20);1H. The van der Waals surface area contributed by atoms with Crippen LogP contribution in [0, 0.1) is 0 Å². The minimum absolute atomic E-state index is 0. The number of carbonyl (C=O) groups is 1. The Kier molecular flexibility index (Phi) is 7.67. The molecule has 0 aliphatic heterocycles. The van der Waals surface area contributed by atoms with Crippen LogP contribution in [-0.2, 0) is 9.53 Å². The molecule has 0 aliphatic carbocycles. The van der Waals surface area contributed by atoms with Crippen LogP contribution in [0.4, 0.5) is 18.3 Å². The zero-order valence-electron chi connectivity index (χ0n) is 12.5. The average Bonchev–Trinajstić information content (AvgIpc) is 2.83. The van der Waals surface area contributed by atoms with Crippen molar-refractivity contribution in [3.8, 4) is 5.75 Å². The van der Waals surface area contributed by atoms with Crippen molar-refractivity contribution in [2.45, 2.75) is 6.36 Å². The Hall–Kier alpha value is -1.62. The highest BCUT2D eigenvalue weighted by molar-refractivity contribution is 7.22. The molecule has 0 unspecified atom stereocenters. The number of nitrogens with zero attached hydrogens (tertiary/aromatic N) is 1. The number of hydrogen-bond acceptors (Lipinski definition) is 6. The molecule has 1 amide bonds. The minimum atomic E-state index is -4.75. The molecule has 24 heavy (non-hydrogen) atoms. The van der Waals surface area contributed by atoms with E-state index in [4.69, 9.17) is 4.74 Å². The highest BCUT2D eigenvalue weighted by Gasteiger charge is 2.31. The van der Waals surface area contributed by atoms with E-state index in [1.165, 1.54) is 18.2 Å². The smallest absolute Gasteiger partial charge is 0.406 e. The van der Waals surface area contributed by atoms with E-state index < -0.39 is 6.36 Å². The second-order valence-corrected chi connectivity index (χ2v) is 5.44. The van der Waals surface area contributed by atoms with Crippen LogP contribution in [0.5, 0.6) is 5.75 Å². The third kappa shape index (κ3) is 6.48. The molecule has 1 aromatic carbocycles. The number of methoxy groups -OCH3 is 1. The molecule has 1 heterocycles. The summed E-state index contributed by atoms with van der Waals surface area (Å²) in [4.78, 5) is 15.8. The van der Waals surface area contributed by atoms with Crippen molar-refractivity contribution < 1.29 is 27.4 Å². The average molecular weight is 386 g/mol. The van der Waals surface area contributed by atoms with Gasteiger partial charge in [-0.15, -0.1) is 25.6 Å². The van der Waals surface area contributed by atoms with Gasteiger partial charge in [0, 0.05) is 19.7 Å². The van der Waals surface area contributed by atoms with Gasteiger partial charge in [-0.3, -0.25) is 4.79 Å². The van der Waals surface area contributed by atoms with E-state index in [-0.39, 0.29) is 30.6 Å². The normalized spacial score (nSPS) is 11.2. The Morgan fingerprint density at radius 1 is 1.38 bits per heavy atom. The van der Waals surface area contributed by atoms with Crippen LogP contribution in [0.2, 0.25) is 0 Å². The maximum atomic E-state index is 12.2. The topological polar surface area (TPSA) is 72.5 Å². The van der Waals surface area contributed by atoms with Crippen molar-refractivity contribution in [2.75, 3.05) is 32.1 Å². The summed E-state index contributed by atoms with van der Waals surface area (Å²) in [5, 5.41) is 5.76. The van der Waals surface area contributed by atoms with Crippen molar-refractivity contribution in [1.29, 1.82) is 0 Å². The Labute approximate surface area is 145 Å². The molecule has 0 spiro atoms. The number of fused-ring (bicyclic) bond motifs is 1. The summed E-state index contributed by atoms with van der Waals surface area (Å²) >= 11 is 1.07. The number of rotatable bonds is 7. The lowest BCUT2D eigenvalue weighted by Crippen LogP contribution is -2.30. The highest BCUT2D eigenvalue weighted by atomic mass is 35.5. The summed E-state index contributed by atoms with van der Waals surface area (Å²) in [6, 6.07) is 3.81. The summed E-state index contributed by atoms with van der Waals surface area (Å²) < 4.78 is 45.7. The SMILES string of the molecule is COCCNCC(=O)Nc1nc2ccc(OC(F)(F)F)cc2s1.Cl. The molecule has 0 radical (unpaired) electrons. The number of thiazole rings is 1. The zero-order valence-corrected chi connectivity index (χ0v) is 14.1. The van der Waals surface area contributed by atoms with E-state index in [1.807, 2.05) is 0 Å². The first kappa shape index (κ1) is 20.4. The second kappa shape index (κ2) is 9.02. The lowest BCUT2D eigenvalue weighted by atomic mass is 10.3. The number of alkyl halides is 3. The third-order valence-corrected chi connectivity index (χ3v) is 3.54. The van der Waals surface area contributed by atoms with Crippen molar-refractivity contribution in [2.24, 2.45) is 0 Å². The van der Waals surface area contributed by atoms with E-state index in [9.17, 15) is 18.0 Å². The molecule has 0 saturated carbocycles. The summed E-state index contributed by atoms with van der Waals surface area (Å²) in [6.07, 6.45) is -4.75. The Morgan fingerprint density at radius 3 is 2.79 bits per heavy atom. The van der Waals surface area contributed by atoms with Crippen LogP contribution in [0.15, 0.2) is 18.2 Å². The van der Waals surface area contributed by atoms with Crippen LogP contribution in [-0.4, -0.2) is 44.1 Å². The first-order chi connectivity index (χ1) is 10.9. The van der Waals surface area contributed by atoms with Crippen LogP contribution in [0.3, 0.4) is 0 Å². The maximum Gasteiger partial charge on any atom is 0.573 e. The van der Waals surface area contributed by atoms with Gasteiger partial charge in [-0.25, -0.2) is 4.98 Å². The summed E-state index contributed by atoms with van der Waals surface area (Å²) in [7, 11) is 1.56. The fourth-order valence-corrected chi connectivity index (χ4v) is 2.61. The first-order valence-corrected chi connectivity index (χ1v) is 7.35. The van der Waals surface area contributed by atoms with E-state index in [2.05, 4.69) is 20.4 Å². The van der Waals surface area contributed by atoms with Crippen molar-refractivity contribution in [3.05, 3.63) is 18.2 Å². The monoisotopic (exact) mass is 385 g/mol. The number of anilines is 1. The largest absolute Gasteiger partial charge is 0.573 e. The lowest BCUT2D eigenvalue weighted by molar-refractivity contribution is -0.274. The number of benzene rings is 1. The molecular weight excluding hydrogens is 371 g/mol. The van der Waals surface area contributed by atoms with Crippen molar-refractivity contribution >= 4 is 45.0 Å². The van der Waals surface area contributed by atoms with Gasteiger partial charge in [0.2, 0.25) is 5.91 Å². The predicted molar refractivity (Wildman–Crippen MR) is 86.9 cm³/mol. The number of aromatic nitrogens is 1. The number of hydrogen-bond donors (Lipinski definition) is 2. The molecule has 6 nitrogen and oxygen atoms in total. The van der Waals surface area contributed by atoms with Gasteiger partial charge in [0.1, 0.15) is 5.75 Å². The number of amides is 1. The van der Waals surface area contributed by atoms with Gasteiger partial charge in [-0.1, -0.05) is 11.3 Å². The van der Waals surface area contributed by atoms with Gasteiger partial charge in [0.25, 0.3) is 0 Å². The Bertz CT molecular complexity index is 681. The molecule has 2 aromatic rings. The van der Waals surface area contributed by atoms with Gasteiger partial charge in [0.05, 0.1) is 23.4 Å². The molecule has 0 aliphatic rings. The maximum absolute atomic E-state index is 12.2. The molecular formula is C13H15ClF3N3O3S. The molecule has 0 saturated heterocycles. The summed E-state index contributed by atoms with van der Waals surface area (Å²) in [5.41, 5.74) is 0.479. The predicted octanol–water partition coefficient (Wildman–Crippen LogP) is 2.79. The van der Waals surface area contributed by atoms with Gasteiger partial charge >= 0.3 is 6.36 Å². The highest BCUT2D eigenvalue weighted by Crippen LogP contribution is 2.31. The van der Waals surface area contributed by atoms with Crippen LogP contribution >= 0.6 is 23.7 Å². The second-order valence-electron chi connectivity index (χ2n) is 4.41. The van der Waals surface area contributed by atoms with Gasteiger partial charge < -0.3 is 20.1 Å².